The predicted octanol–water partition coefficient (Wildman–Crippen LogP) is 10.2. The molecule has 4 radical (unpaired) electrons. The zero-order valence-electron chi connectivity index (χ0n) is 26.3. The van der Waals surface area contributed by atoms with E-state index in [9.17, 15) is 9.59 Å². The molecule has 0 rings (SSSR count). The summed E-state index contributed by atoms with van der Waals surface area (Å²) in [5, 5.41) is 16.8. The molecule has 0 atom stereocenters. The van der Waals surface area contributed by atoms with Crippen LogP contribution in [0.1, 0.15) is 182 Å². The molecule has 0 heterocycles. The van der Waals surface area contributed by atoms with Gasteiger partial charge in [0.15, 0.2) is 0 Å². The summed E-state index contributed by atoms with van der Waals surface area (Å²) in [7, 11) is 0. The van der Waals surface area contributed by atoms with Crippen molar-refractivity contribution in [3.05, 3.63) is 0 Å². The Morgan fingerprint density at radius 3 is 0.895 bits per heavy atom. The van der Waals surface area contributed by atoms with Gasteiger partial charge in [0.1, 0.15) is 0 Å². The fraction of sp³-hybridized carbons (Fsp3) is 0.938. The zero-order valence-corrected chi connectivity index (χ0v) is 33.2. The summed E-state index contributed by atoms with van der Waals surface area (Å²) < 4.78 is 3.25. The molecule has 0 spiro atoms. The average molecular weight is 754 g/mol. The molecule has 6 heteroatoms. The number of rotatable bonds is 26. The molecule has 0 saturated heterocycles. The van der Waals surface area contributed by atoms with Crippen molar-refractivity contribution in [1.82, 2.24) is 0 Å². The number of unbranched alkanes of at least 4 members (excludes halogenated alkanes) is 18. The first kappa shape index (κ1) is 45.5. The van der Waals surface area contributed by atoms with E-state index >= 15 is 0 Å². The fourth-order valence-corrected chi connectivity index (χ4v) is 8.06. The van der Waals surface area contributed by atoms with Crippen LogP contribution in [0.25, 0.3) is 0 Å². The van der Waals surface area contributed by atoms with Gasteiger partial charge in [0, 0.05) is 12.8 Å². The van der Waals surface area contributed by atoms with Crippen molar-refractivity contribution in [2.45, 2.75) is 191 Å². The molecule has 0 aliphatic carbocycles. The van der Waals surface area contributed by atoms with Crippen LogP contribution in [0.4, 0.5) is 0 Å². The molecule has 38 heavy (non-hydrogen) atoms. The SMILES string of the molecule is CCCCCCCCCCCC(=O)O.CCCCCCCCCCCC(=O)O.CCC[CH2][Sn][CH2]CCC.[SnH2]. The number of carboxylic acid groups (broad SMARTS) is 2. The Bertz CT molecular complexity index is 396. The minimum absolute atomic E-state index is 0. The second-order valence-corrected chi connectivity index (χ2v) is 14.7. The van der Waals surface area contributed by atoms with Crippen LogP contribution in [0.2, 0.25) is 8.87 Å². The molecule has 0 amide bonds. The van der Waals surface area contributed by atoms with E-state index in [1.54, 1.807) is 8.87 Å². The van der Waals surface area contributed by atoms with E-state index in [1.807, 2.05) is 0 Å². The first-order valence-electron chi connectivity index (χ1n) is 16.1. The number of carbonyl (C=O) groups is 2. The van der Waals surface area contributed by atoms with Gasteiger partial charge >= 0.3 is 105 Å². The van der Waals surface area contributed by atoms with Crippen LogP contribution in [-0.4, -0.2) is 67.2 Å². The Kier molecular flexibility index (Phi) is 53.4. The fourth-order valence-electron chi connectivity index (χ4n) is 3.90. The Morgan fingerprint density at radius 1 is 0.421 bits per heavy atom. The van der Waals surface area contributed by atoms with Crippen LogP contribution in [0.5, 0.6) is 0 Å². The first-order chi connectivity index (χ1) is 18.0. The third-order valence-electron chi connectivity index (χ3n) is 6.40. The minimum atomic E-state index is -0.659. The van der Waals surface area contributed by atoms with Crippen molar-refractivity contribution in [1.29, 1.82) is 0 Å². The molecule has 0 saturated carbocycles. The van der Waals surface area contributed by atoms with Gasteiger partial charge in [-0.15, -0.1) is 0 Å². The zero-order chi connectivity index (χ0) is 28.2. The van der Waals surface area contributed by atoms with Gasteiger partial charge in [-0.3, -0.25) is 9.59 Å². The van der Waals surface area contributed by atoms with E-state index in [4.69, 9.17) is 10.2 Å². The third kappa shape index (κ3) is 56.7. The average Bonchev–Trinajstić information content (AvgIpc) is 2.87. The Balaban J connectivity index is -0.000000231. The molecule has 0 fully saturated rings. The van der Waals surface area contributed by atoms with E-state index in [-0.39, 0.29) is 45.0 Å². The molecule has 228 valence electrons. The molecule has 4 nitrogen and oxygen atoms in total. The Labute approximate surface area is 265 Å². The van der Waals surface area contributed by atoms with Crippen LogP contribution in [-0.2, 0) is 9.59 Å². The maximum absolute atomic E-state index is 10.2. The van der Waals surface area contributed by atoms with Crippen molar-refractivity contribution in [2.75, 3.05) is 0 Å². The third-order valence-corrected chi connectivity index (χ3v) is 10.4. The van der Waals surface area contributed by atoms with Gasteiger partial charge in [0.05, 0.1) is 0 Å². The molecule has 0 aromatic carbocycles. The summed E-state index contributed by atoms with van der Waals surface area (Å²) in [5.41, 5.74) is 0. The molecular weight excluding hydrogens is 686 g/mol. The number of aliphatic carboxylic acids is 2. The summed E-state index contributed by atoms with van der Waals surface area (Å²) >= 11 is 0.149. The van der Waals surface area contributed by atoms with Crippen molar-refractivity contribution in [2.24, 2.45) is 0 Å². The normalized spacial score (nSPS) is 10.0. The second kappa shape index (κ2) is 44.6. The molecule has 2 N–H and O–H groups in total. The van der Waals surface area contributed by atoms with E-state index in [0.717, 1.165) is 25.7 Å². The summed E-state index contributed by atoms with van der Waals surface area (Å²) in [4.78, 5) is 20.4. The molecule has 0 aromatic heterocycles. The van der Waals surface area contributed by atoms with Crippen molar-refractivity contribution in [3.8, 4) is 0 Å². The summed E-state index contributed by atoms with van der Waals surface area (Å²) in [6.45, 7) is 9.04. The Hall–Kier alpha value is 0.537. The monoisotopic (exact) mass is 756 g/mol. The molecule has 0 unspecified atom stereocenters. The van der Waals surface area contributed by atoms with Gasteiger partial charge in [-0.25, -0.2) is 0 Å². The van der Waals surface area contributed by atoms with E-state index < -0.39 is 11.9 Å². The van der Waals surface area contributed by atoms with Crippen LogP contribution in [0.3, 0.4) is 0 Å². The first-order valence-corrected chi connectivity index (χ1v) is 20.1. The quantitative estimate of drug-likeness (QED) is 0.0682. The van der Waals surface area contributed by atoms with Crippen molar-refractivity contribution >= 4 is 57.0 Å². The van der Waals surface area contributed by atoms with Gasteiger partial charge in [-0.1, -0.05) is 117 Å². The van der Waals surface area contributed by atoms with Gasteiger partial charge in [0.2, 0.25) is 0 Å². The van der Waals surface area contributed by atoms with Gasteiger partial charge in [0.25, 0.3) is 0 Å². The van der Waals surface area contributed by atoms with Crippen LogP contribution in [0, 0.1) is 0 Å². The number of carboxylic acids is 2. The van der Waals surface area contributed by atoms with Crippen LogP contribution < -0.4 is 0 Å². The maximum atomic E-state index is 10.2. The number of hydrogen-bond donors (Lipinski definition) is 2. The Morgan fingerprint density at radius 2 is 0.658 bits per heavy atom. The molecule has 0 aromatic rings. The van der Waals surface area contributed by atoms with E-state index in [2.05, 4.69) is 27.7 Å². The summed E-state index contributed by atoms with van der Waals surface area (Å²) in [6.07, 6.45) is 28.8. The van der Waals surface area contributed by atoms with E-state index in [0.29, 0.717) is 12.8 Å². The van der Waals surface area contributed by atoms with Gasteiger partial charge in [-0.2, -0.15) is 0 Å². The van der Waals surface area contributed by atoms with E-state index in [1.165, 1.54) is 116 Å². The van der Waals surface area contributed by atoms with Crippen LogP contribution >= 0.6 is 0 Å². The molecule has 0 aliphatic rings. The summed E-state index contributed by atoms with van der Waals surface area (Å²) in [6, 6.07) is 0. The van der Waals surface area contributed by atoms with Gasteiger partial charge < -0.3 is 10.2 Å². The number of hydrogen-bond acceptors (Lipinski definition) is 2. The van der Waals surface area contributed by atoms with Crippen LogP contribution in [0.15, 0.2) is 0 Å². The molecule has 0 bridgehead atoms. The predicted molar refractivity (Wildman–Crippen MR) is 173 cm³/mol. The van der Waals surface area contributed by atoms with Gasteiger partial charge in [-0.05, 0) is 12.8 Å². The molecular formula is C32H68O4Sn2. The topological polar surface area (TPSA) is 74.6 Å². The standard InChI is InChI=1S/2C12H24O2.2C4H9.2Sn.2H/c2*1-2-3-4-5-6-7-8-9-10-11-12(13)14;2*1-3-4-2;;;;/h2*2-11H2,1H3,(H,13,14);2*1,3-4H2,2H3;;;;. The van der Waals surface area contributed by atoms with Crippen molar-refractivity contribution in [3.63, 3.8) is 0 Å². The second-order valence-electron chi connectivity index (χ2n) is 10.4. The molecule has 0 aliphatic heterocycles. The van der Waals surface area contributed by atoms with Crippen molar-refractivity contribution < 1.29 is 19.8 Å². The summed E-state index contributed by atoms with van der Waals surface area (Å²) in [5.74, 6) is -1.32.